The molecule has 1 unspecified atom stereocenters. The van der Waals surface area contributed by atoms with Crippen LogP contribution in [0.25, 0.3) is 0 Å². The zero-order chi connectivity index (χ0) is 17.8. The highest BCUT2D eigenvalue weighted by Gasteiger charge is 2.07. The first-order valence-corrected chi connectivity index (χ1v) is 8.62. The summed E-state index contributed by atoms with van der Waals surface area (Å²) >= 11 is 0. The van der Waals surface area contributed by atoms with E-state index in [-0.39, 0.29) is 23.6 Å². The molecule has 0 heterocycles. The van der Waals surface area contributed by atoms with E-state index >= 15 is 0 Å². The van der Waals surface area contributed by atoms with Crippen LogP contribution in [0.15, 0.2) is 30.4 Å². The van der Waals surface area contributed by atoms with E-state index in [0.717, 1.165) is 12.8 Å². The van der Waals surface area contributed by atoms with Gasteiger partial charge in [0.25, 0.3) is 0 Å². The van der Waals surface area contributed by atoms with Crippen LogP contribution in [0.2, 0.25) is 0 Å². The molecule has 0 fully saturated rings. The molecule has 1 rings (SSSR count). The van der Waals surface area contributed by atoms with Crippen LogP contribution >= 0.6 is 0 Å². The summed E-state index contributed by atoms with van der Waals surface area (Å²) in [6.45, 7) is 2.70. The molecule has 1 atom stereocenters. The van der Waals surface area contributed by atoms with E-state index in [2.05, 4.69) is 6.92 Å². The molecule has 0 radical (unpaired) electrons. The third-order valence-corrected chi connectivity index (χ3v) is 3.74. The quantitative estimate of drug-likeness (QED) is 0.135. The Morgan fingerprint density at radius 2 is 1.96 bits per heavy atom. The fourth-order valence-corrected chi connectivity index (χ4v) is 2.28. The second-order valence-corrected chi connectivity index (χ2v) is 5.86. The highest BCUT2D eigenvalue weighted by Crippen LogP contribution is 2.21. The molecule has 0 bridgehead atoms. The van der Waals surface area contributed by atoms with Gasteiger partial charge in [0.15, 0.2) is 12.1 Å². The molecular weight excluding hydrogens is 306 g/mol. The van der Waals surface area contributed by atoms with Crippen molar-refractivity contribution in [3.8, 4) is 5.75 Å². The number of carbonyl (C=O) groups excluding carboxylic acids is 1. The Balaban J connectivity index is 2.21. The standard InChI is InChI=1S/C19H29NO4/c1-2-3-4-5-6-7-13-24-19(23)10-8-9-17(21)15-11-12-18(22)16(20)14-15/h8,10-12,14,19,22-23H,2-7,9,13,20H2,1H3. The number of nitrogens with two attached hydrogens (primary N) is 1. The number of unbranched alkanes of at least 4 members (excludes halogenated alkanes) is 5. The van der Waals surface area contributed by atoms with Gasteiger partial charge in [0, 0.05) is 12.0 Å². The third-order valence-electron chi connectivity index (χ3n) is 3.74. The minimum Gasteiger partial charge on any atom is -0.506 e. The first-order chi connectivity index (χ1) is 11.5. The van der Waals surface area contributed by atoms with Gasteiger partial charge in [0.1, 0.15) is 5.75 Å². The number of ether oxygens (including phenoxy) is 1. The maximum atomic E-state index is 12.0. The van der Waals surface area contributed by atoms with E-state index < -0.39 is 6.29 Å². The van der Waals surface area contributed by atoms with E-state index in [9.17, 15) is 15.0 Å². The molecule has 24 heavy (non-hydrogen) atoms. The summed E-state index contributed by atoms with van der Waals surface area (Å²) in [7, 11) is 0. The third kappa shape index (κ3) is 8.13. The maximum absolute atomic E-state index is 12.0. The molecule has 0 aromatic heterocycles. The molecule has 0 spiro atoms. The Morgan fingerprint density at radius 3 is 2.67 bits per heavy atom. The highest BCUT2D eigenvalue weighted by atomic mass is 16.6. The van der Waals surface area contributed by atoms with Crippen LogP contribution in [-0.4, -0.2) is 28.9 Å². The molecule has 0 saturated carbocycles. The van der Waals surface area contributed by atoms with Crippen molar-refractivity contribution in [2.24, 2.45) is 0 Å². The van der Waals surface area contributed by atoms with Gasteiger partial charge in [0.2, 0.25) is 0 Å². The lowest BCUT2D eigenvalue weighted by molar-refractivity contribution is -0.0652. The van der Waals surface area contributed by atoms with E-state index in [1.54, 1.807) is 6.08 Å². The number of benzene rings is 1. The SMILES string of the molecule is CCCCCCCCOC(O)C=CCC(=O)c1ccc(O)c(N)c1. The average molecular weight is 335 g/mol. The molecule has 1 aromatic carbocycles. The molecule has 5 nitrogen and oxygen atoms in total. The van der Waals surface area contributed by atoms with Gasteiger partial charge in [0.05, 0.1) is 12.3 Å². The van der Waals surface area contributed by atoms with Crippen molar-refractivity contribution < 1.29 is 19.7 Å². The van der Waals surface area contributed by atoms with Crippen molar-refractivity contribution in [3.05, 3.63) is 35.9 Å². The number of carbonyl (C=O) groups is 1. The van der Waals surface area contributed by atoms with Gasteiger partial charge in [-0.25, -0.2) is 0 Å². The molecule has 1 aromatic rings. The number of rotatable bonds is 12. The number of phenols is 1. The van der Waals surface area contributed by atoms with Crippen LogP contribution in [0, 0.1) is 0 Å². The minimum absolute atomic E-state index is 0.0411. The number of nitrogen functional groups attached to an aromatic ring is 1. The Labute approximate surface area is 144 Å². The Hall–Kier alpha value is -1.85. The summed E-state index contributed by atoms with van der Waals surface area (Å²) < 4.78 is 5.28. The van der Waals surface area contributed by atoms with Gasteiger partial charge in [-0.1, -0.05) is 45.1 Å². The summed E-state index contributed by atoms with van der Waals surface area (Å²) in [5.41, 5.74) is 6.16. The molecular formula is C19H29NO4. The van der Waals surface area contributed by atoms with Gasteiger partial charge in [-0.3, -0.25) is 4.79 Å². The van der Waals surface area contributed by atoms with Gasteiger partial charge in [-0.05, 0) is 30.7 Å². The van der Waals surface area contributed by atoms with E-state index in [0.29, 0.717) is 12.2 Å². The average Bonchev–Trinajstić information content (AvgIpc) is 2.56. The number of allylic oxidation sites excluding steroid dienone is 1. The summed E-state index contributed by atoms with van der Waals surface area (Å²) in [6.07, 6.45) is 9.20. The first-order valence-electron chi connectivity index (χ1n) is 8.62. The fraction of sp³-hybridized carbons (Fsp3) is 0.526. The first kappa shape index (κ1) is 20.2. The Bertz CT molecular complexity index is 528. The molecule has 0 aliphatic heterocycles. The monoisotopic (exact) mass is 335 g/mol. The lowest BCUT2D eigenvalue weighted by Gasteiger charge is -2.07. The van der Waals surface area contributed by atoms with E-state index in [1.807, 2.05) is 0 Å². The van der Waals surface area contributed by atoms with Crippen LogP contribution in [0.1, 0.15) is 62.2 Å². The second-order valence-electron chi connectivity index (χ2n) is 5.86. The number of hydrogen-bond acceptors (Lipinski definition) is 5. The topological polar surface area (TPSA) is 92.8 Å². The number of aliphatic hydroxyl groups is 1. The van der Waals surface area contributed by atoms with E-state index in [4.69, 9.17) is 10.5 Å². The number of Topliss-reactive ketones (excluding diaryl/α,β-unsaturated/α-hetero) is 1. The van der Waals surface area contributed by atoms with Crippen LogP contribution in [0.5, 0.6) is 5.75 Å². The van der Waals surface area contributed by atoms with Gasteiger partial charge < -0.3 is 20.7 Å². The number of aromatic hydroxyl groups is 1. The maximum Gasteiger partial charge on any atom is 0.174 e. The van der Waals surface area contributed by atoms with Crippen molar-refractivity contribution in [3.63, 3.8) is 0 Å². The van der Waals surface area contributed by atoms with Crippen molar-refractivity contribution in [2.75, 3.05) is 12.3 Å². The van der Waals surface area contributed by atoms with E-state index in [1.165, 1.54) is 50.0 Å². The fourth-order valence-electron chi connectivity index (χ4n) is 2.28. The summed E-state index contributed by atoms with van der Waals surface area (Å²) in [5, 5.41) is 19.0. The number of ketones is 1. The lowest BCUT2D eigenvalue weighted by atomic mass is 10.1. The molecule has 4 N–H and O–H groups in total. The molecule has 0 aliphatic rings. The Morgan fingerprint density at radius 1 is 1.25 bits per heavy atom. The minimum atomic E-state index is -0.988. The number of hydrogen-bond donors (Lipinski definition) is 3. The van der Waals surface area contributed by atoms with Crippen LogP contribution in [-0.2, 0) is 4.74 Å². The molecule has 0 aliphatic carbocycles. The molecule has 134 valence electrons. The van der Waals surface area contributed by atoms with Crippen LogP contribution in [0.3, 0.4) is 0 Å². The molecule has 5 heteroatoms. The van der Waals surface area contributed by atoms with Crippen LogP contribution in [0.4, 0.5) is 5.69 Å². The Kier molecular flexibility index (Phi) is 9.80. The number of aliphatic hydroxyl groups excluding tert-OH is 1. The summed E-state index contributed by atoms with van der Waals surface area (Å²) in [5.74, 6) is -0.179. The van der Waals surface area contributed by atoms with Crippen molar-refractivity contribution >= 4 is 11.5 Å². The largest absolute Gasteiger partial charge is 0.506 e. The van der Waals surface area contributed by atoms with Crippen molar-refractivity contribution in [2.45, 2.75) is 58.2 Å². The lowest BCUT2D eigenvalue weighted by Crippen LogP contribution is -2.09. The predicted octanol–water partition coefficient (Wildman–Crippen LogP) is 3.80. The summed E-state index contributed by atoms with van der Waals surface area (Å²) in [4.78, 5) is 12.0. The zero-order valence-corrected chi connectivity index (χ0v) is 14.4. The second kappa shape index (κ2) is 11.6. The number of anilines is 1. The molecule has 0 amide bonds. The smallest absolute Gasteiger partial charge is 0.174 e. The van der Waals surface area contributed by atoms with Gasteiger partial charge in [-0.15, -0.1) is 0 Å². The van der Waals surface area contributed by atoms with Gasteiger partial charge >= 0.3 is 0 Å². The zero-order valence-electron chi connectivity index (χ0n) is 14.4. The number of phenolic OH excluding ortho intramolecular Hbond substituents is 1. The van der Waals surface area contributed by atoms with Crippen LogP contribution < -0.4 is 5.73 Å². The normalized spacial score (nSPS) is 12.6. The van der Waals surface area contributed by atoms with Crippen molar-refractivity contribution in [1.82, 2.24) is 0 Å². The van der Waals surface area contributed by atoms with Gasteiger partial charge in [-0.2, -0.15) is 0 Å². The predicted molar refractivity (Wildman–Crippen MR) is 95.9 cm³/mol. The molecule has 0 saturated heterocycles. The summed E-state index contributed by atoms with van der Waals surface area (Å²) in [6, 6.07) is 4.36. The highest BCUT2D eigenvalue weighted by molar-refractivity contribution is 5.98. The van der Waals surface area contributed by atoms with Crippen molar-refractivity contribution in [1.29, 1.82) is 0 Å².